The first-order valence-corrected chi connectivity index (χ1v) is 12.9. The lowest BCUT2D eigenvalue weighted by Gasteiger charge is -2.22. The number of carbonyl (C=O) groups is 1. The molecule has 1 aromatic heterocycles. The first kappa shape index (κ1) is 24.4. The minimum absolute atomic E-state index is 0.0149. The molecule has 0 bridgehead atoms. The Labute approximate surface area is 195 Å². The van der Waals surface area contributed by atoms with Crippen molar-refractivity contribution in [1.82, 2.24) is 4.98 Å². The standard InChI is InChI=1S/C20H18ClFN4O5S2/c1-32(28,29)26(15-7-10-18(22)17(21)12-15)13-20(27)24-14-5-8-16(9-6-14)33(30,31)25-19-4-2-3-11-23-19/h2-12H,13H2,1H3,(H,23,25)(H,24,27). The molecule has 0 spiro atoms. The molecule has 9 nitrogen and oxygen atoms in total. The van der Waals surface area contributed by atoms with E-state index in [9.17, 15) is 26.0 Å². The van der Waals surface area contributed by atoms with Gasteiger partial charge in [0.15, 0.2) is 0 Å². The summed E-state index contributed by atoms with van der Waals surface area (Å²) < 4.78 is 65.7. The summed E-state index contributed by atoms with van der Waals surface area (Å²) in [6.07, 6.45) is 2.34. The zero-order valence-corrected chi connectivity index (χ0v) is 19.5. The van der Waals surface area contributed by atoms with Crippen molar-refractivity contribution < 1.29 is 26.0 Å². The number of benzene rings is 2. The number of amides is 1. The van der Waals surface area contributed by atoms with Crippen LogP contribution in [-0.2, 0) is 24.8 Å². The van der Waals surface area contributed by atoms with Gasteiger partial charge in [0, 0.05) is 11.9 Å². The second-order valence-electron chi connectivity index (χ2n) is 6.76. The quantitative estimate of drug-likeness (QED) is 0.477. The molecule has 3 aromatic rings. The molecule has 0 aliphatic carbocycles. The van der Waals surface area contributed by atoms with Crippen molar-refractivity contribution in [3.63, 3.8) is 0 Å². The molecule has 0 saturated heterocycles. The third-order valence-corrected chi connectivity index (χ3v) is 7.03. The molecule has 3 rings (SSSR count). The van der Waals surface area contributed by atoms with Gasteiger partial charge in [-0.1, -0.05) is 17.7 Å². The fraction of sp³-hybridized carbons (Fsp3) is 0.100. The average molecular weight is 513 g/mol. The van der Waals surface area contributed by atoms with Crippen LogP contribution in [0.2, 0.25) is 5.02 Å². The number of hydrogen-bond acceptors (Lipinski definition) is 6. The minimum Gasteiger partial charge on any atom is -0.325 e. The van der Waals surface area contributed by atoms with Crippen molar-refractivity contribution in [2.24, 2.45) is 0 Å². The van der Waals surface area contributed by atoms with Crippen molar-refractivity contribution in [2.75, 3.05) is 27.1 Å². The molecule has 0 atom stereocenters. The first-order chi connectivity index (χ1) is 15.5. The van der Waals surface area contributed by atoms with Crippen LogP contribution in [0.25, 0.3) is 0 Å². The lowest BCUT2D eigenvalue weighted by atomic mass is 10.3. The SMILES string of the molecule is CS(=O)(=O)N(CC(=O)Nc1ccc(S(=O)(=O)Nc2ccccn2)cc1)c1ccc(F)c(Cl)c1. The van der Waals surface area contributed by atoms with E-state index < -0.39 is 38.3 Å². The van der Waals surface area contributed by atoms with E-state index in [0.29, 0.717) is 0 Å². The Kier molecular flexibility index (Phi) is 7.20. The van der Waals surface area contributed by atoms with Crippen molar-refractivity contribution in [2.45, 2.75) is 4.90 Å². The average Bonchev–Trinajstić information content (AvgIpc) is 2.74. The fourth-order valence-corrected chi connectivity index (χ4v) is 4.74. The molecule has 2 aromatic carbocycles. The number of aromatic nitrogens is 1. The normalized spacial score (nSPS) is 11.6. The zero-order chi connectivity index (χ0) is 24.2. The molecular weight excluding hydrogens is 495 g/mol. The Morgan fingerprint density at radius 1 is 1.06 bits per heavy atom. The monoisotopic (exact) mass is 512 g/mol. The van der Waals surface area contributed by atoms with Crippen LogP contribution >= 0.6 is 11.6 Å². The molecule has 33 heavy (non-hydrogen) atoms. The van der Waals surface area contributed by atoms with E-state index in [2.05, 4.69) is 15.0 Å². The number of carbonyl (C=O) groups excluding carboxylic acids is 1. The number of hydrogen-bond donors (Lipinski definition) is 2. The summed E-state index contributed by atoms with van der Waals surface area (Å²) in [6.45, 7) is -0.609. The van der Waals surface area contributed by atoms with E-state index >= 15 is 0 Å². The Morgan fingerprint density at radius 3 is 2.33 bits per heavy atom. The highest BCUT2D eigenvalue weighted by Crippen LogP contribution is 2.24. The molecular formula is C20H18ClFN4O5S2. The van der Waals surface area contributed by atoms with Crippen LogP contribution < -0.4 is 14.3 Å². The highest BCUT2D eigenvalue weighted by atomic mass is 35.5. The van der Waals surface area contributed by atoms with Gasteiger partial charge in [0.25, 0.3) is 10.0 Å². The number of pyridine rings is 1. The van der Waals surface area contributed by atoms with Gasteiger partial charge in [-0.3, -0.25) is 13.8 Å². The Balaban J connectivity index is 1.72. The Bertz CT molecular complexity index is 1370. The molecule has 0 aliphatic rings. The topological polar surface area (TPSA) is 126 Å². The van der Waals surface area contributed by atoms with Crippen molar-refractivity contribution >= 4 is 54.7 Å². The molecule has 0 aliphatic heterocycles. The predicted octanol–water partition coefficient (Wildman–Crippen LogP) is 3.08. The maximum Gasteiger partial charge on any atom is 0.263 e. The van der Waals surface area contributed by atoms with Crippen LogP contribution in [0.5, 0.6) is 0 Å². The van der Waals surface area contributed by atoms with Crippen LogP contribution in [0.4, 0.5) is 21.6 Å². The number of halogens is 2. The van der Waals surface area contributed by atoms with Crippen LogP contribution in [0, 0.1) is 5.82 Å². The highest BCUT2D eigenvalue weighted by Gasteiger charge is 2.22. The highest BCUT2D eigenvalue weighted by molar-refractivity contribution is 7.92. The number of nitrogens with zero attached hydrogens (tertiary/aromatic N) is 2. The van der Waals surface area contributed by atoms with E-state index in [1.807, 2.05) is 0 Å². The van der Waals surface area contributed by atoms with Gasteiger partial charge in [0.2, 0.25) is 15.9 Å². The molecule has 13 heteroatoms. The van der Waals surface area contributed by atoms with Gasteiger partial charge in [0.1, 0.15) is 18.2 Å². The fourth-order valence-electron chi connectivity index (χ4n) is 2.71. The molecule has 0 saturated carbocycles. The van der Waals surface area contributed by atoms with Crippen LogP contribution in [0.3, 0.4) is 0 Å². The summed E-state index contributed by atoms with van der Waals surface area (Å²) in [5, 5.41) is 2.20. The van der Waals surface area contributed by atoms with Crippen LogP contribution in [0.1, 0.15) is 0 Å². The summed E-state index contributed by atoms with van der Waals surface area (Å²) in [5.74, 6) is -1.29. The lowest BCUT2D eigenvalue weighted by Crippen LogP contribution is -2.37. The van der Waals surface area contributed by atoms with Gasteiger partial charge in [-0.15, -0.1) is 0 Å². The van der Waals surface area contributed by atoms with Crippen molar-refractivity contribution in [1.29, 1.82) is 0 Å². The third-order valence-electron chi connectivity index (χ3n) is 4.23. The van der Waals surface area contributed by atoms with E-state index in [4.69, 9.17) is 11.6 Å². The van der Waals surface area contributed by atoms with Gasteiger partial charge >= 0.3 is 0 Å². The molecule has 1 heterocycles. The molecule has 0 fully saturated rings. The Morgan fingerprint density at radius 2 is 1.76 bits per heavy atom. The van der Waals surface area contributed by atoms with Gasteiger partial charge in [-0.2, -0.15) is 0 Å². The summed E-state index contributed by atoms with van der Waals surface area (Å²) in [4.78, 5) is 16.3. The maximum absolute atomic E-state index is 13.4. The summed E-state index contributed by atoms with van der Waals surface area (Å²) in [6, 6.07) is 13.3. The van der Waals surface area contributed by atoms with E-state index in [1.54, 1.807) is 12.1 Å². The number of rotatable bonds is 8. The number of anilines is 3. The number of nitrogens with one attached hydrogen (secondary N) is 2. The van der Waals surface area contributed by atoms with Crippen LogP contribution in [-0.4, -0.2) is 40.5 Å². The van der Waals surface area contributed by atoms with E-state index in [1.165, 1.54) is 42.6 Å². The molecule has 0 radical (unpaired) electrons. The lowest BCUT2D eigenvalue weighted by molar-refractivity contribution is -0.114. The maximum atomic E-state index is 13.4. The third kappa shape index (κ3) is 6.40. The molecule has 174 valence electrons. The van der Waals surface area contributed by atoms with Crippen molar-refractivity contribution in [3.05, 3.63) is 77.7 Å². The van der Waals surface area contributed by atoms with Gasteiger partial charge < -0.3 is 5.32 Å². The van der Waals surface area contributed by atoms with Gasteiger partial charge in [-0.05, 0) is 54.6 Å². The minimum atomic E-state index is -3.90. The summed E-state index contributed by atoms with van der Waals surface area (Å²) >= 11 is 5.72. The summed E-state index contributed by atoms with van der Waals surface area (Å²) in [7, 11) is -7.79. The Hall–Kier alpha value is -3.22. The second-order valence-corrected chi connectivity index (χ2v) is 10.8. The largest absolute Gasteiger partial charge is 0.325 e. The van der Waals surface area contributed by atoms with Crippen LogP contribution in [0.15, 0.2) is 71.8 Å². The predicted molar refractivity (Wildman–Crippen MR) is 124 cm³/mol. The van der Waals surface area contributed by atoms with Crippen molar-refractivity contribution in [3.8, 4) is 0 Å². The van der Waals surface area contributed by atoms with Gasteiger partial charge in [-0.25, -0.2) is 26.2 Å². The summed E-state index contributed by atoms with van der Waals surface area (Å²) in [5.41, 5.74) is 0.253. The van der Waals surface area contributed by atoms with E-state index in [0.717, 1.165) is 22.7 Å². The smallest absolute Gasteiger partial charge is 0.263 e. The second kappa shape index (κ2) is 9.73. The molecule has 0 unspecified atom stereocenters. The molecule has 1 amide bonds. The zero-order valence-electron chi connectivity index (χ0n) is 17.1. The number of sulfonamides is 2. The van der Waals surface area contributed by atoms with Gasteiger partial charge in [0.05, 0.1) is 21.9 Å². The molecule has 2 N–H and O–H groups in total. The van der Waals surface area contributed by atoms with E-state index in [-0.39, 0.29) is 27.1 Å². The first-order valence-electron chi connectivity index (χ1n) is 9.22.